The molecule has 0 bridgehead atoms. The van der Waals surface area contributed by atoms with Crippen LogP contribution in [0.3, 0.4) is 0 Å². The molecule has 0 N–H and O–H groups in total. The van der Waals surface area contributed by atoms with Crippen LogP contribution in [-0.2, 0) is 6.42 Å². The van der Waals surface area contributed by atoms with E-state index in [2.05, 4.69) is 22.2 Å². The predicted octanol–water partition coefficient (Wildman–Crippen LogP) is 3.57. The third-order valence-corrected chi connectivity index (χ3v) is 4.65. The summed E-state index contributed by atoms with van der Waals surface area (Å²) in [5.41, 5.74) is 1.97. The molecule has 3 heterocycles. The van der Waals surface area contributed by atoms with Crippen molar-refractivity contribution in [2.24, 2.45) is 0 Å². The summed E-state index contributed by atoms with van der Waals surface area (Å²) >= 11 is 1.50. The fourth-order valence-corrected chi connectivity index (χ4v) is 3.06. The molecule has 0 aliphatic rings. The molecule has 4 aromatic rings. The standard InChI is InChI=1S/C18H14N4O2S/c1-2-12-5-7-13(8-6-12)22-10-9-14(23)16(20-22)18-19-17(21-24-18)15-4-3-11-25-15/h3-11H,2H2,1H3. The molecule has 0 radical (unpaired) electrons. The molecule has 0 saturated carbocycles. The average Bonchev–Trinajstić information content (AvgIpc) is 3.34. The van der Waals surface area contributed by atoms with Crippen molar-refractivity contribution in [3.05, 3.63) is 69.8 Å². The van der Waals surface area contributed by atoms with Crippen molar-refractivity contribution in [2.45, 2.75) is 13.3 Å². The van der Waals surface area contributed by atoms with Crippen LogP contribution in [0.5, 0.6) is 0 Å². The zero-order valence-corrected chi connectivity index (χ0v) is 14.2. The molecule has 0 amide bonds. The van der Waals surface area contributed by atoms with E-state index in [4.69, 9.17) is 4.52 Å². The Kier molecular flexibility index (Phi) is 3.99. The first kappa shape index (κ1) is 15.5. The van der Waals surface area contributed by atoms with Crippen molar-refractivity contribution >= 4 is 11.3 Å². The van der Waals surface area contributed by atoms with Crippen molar-refractivity contribution in [1.29, 1.82) is 0 Å². The lowest BCUT2D eigenvalue weighted by Gasteiger charge is -2.06. The summed E-state index contributed by atoms with van der Waals surface area (Å²) in [5, 5.41) is 10.2. The zero-order chi connectivity index (χ0) is 17.2. The van der Waals surface area contributed by atoms with E-state index < -0.39 is 0 Å². The Morgan fingerprint density at radius 1 is 1.16 bits per heavy atom. The van der Waals surface area contributed by atoms with Crippen molar-refractivity contribution in [3.8, 4) is 28.0 Å². The highest BCUT2D eigenvalue weighted by molar-refractivity contribution is 7.13. The lowest BCUT2D eigenvalue weighted by atomic mass is 10.1. The van der Waals surface area contributed by atoms with Crippen LogP contribution >= 0.6 is 11.3 Å². The first-order valence-electron chi connectivity index (χ1n) is 7.82. The van der Waals surface area contributed by atoms with Gasteiger partial charge in [0.15, 0.2) is 5.69 Å². The second-order valence-corrected chi connectivity index (χ2v) is 6.34. The highest BCUT2D eigenvalue weighted by Gasteiger charge is 2.16. The fraction of sp³-hybridized carbons (Fsp3) is 0.111. The largest absolute Gasteiger partial charge is 0.332 e. The molecule has 1 aromatic carbocycles. The lowest BCUT2D eigenvalue weighted by Crippen LogP contribution is -2.12. The second kappa shape index (κ2) is 6.45. The SMILES string of the molecule is CCc1ccc(-n2ccc(=O)c(-c3nc(-c4cccs4)no3)n2)cc1. The topological polar surface area (TPSA) is 73.8 Å². The summed E-state index contributed by atoms with van der Waals surface area (Å²) in [5.74, 6) is 0.571. The Balaban J connectivity index is 1.74. The van der Waals surface area contributed by atoms with Gasteiger partial charge in [-0.1, -0.05) is 30.3 Å². The molecule has 0 fully saturated rings. The number of hydrogen-bond acceptors (Lipinski definition) is 6. The van der Waals surface area contributed by atoms with Crippen LogP contribution in [0.4, 0.5) is 0 Å². The Bertz CT molecular complexity index is 1050. The average molecular weight is 350 g/mol. The fourth-order valence-electron chi connectivity index (χ4n) is 2.41. The highest BCUT2D eigenvalue weighted by Crippen LogP contribution is 2.23. The third kappa shape index (κ3) is 3.01. The van der Waals surface area contributed by atoms with Crippen LogP contribution in [0.15, 0.2) is 63.4 Å². The van der Waals surface area contributed by atoms with Gasteiger partial charge in [0.1, 0.15) is 0 Å². The number of nitrogens with zero attached hydrogens (tertiary/aromatic N) is 4. The van der Waals surface area contributed by atoms with E-state index in [9.17, 15) is 4.79 Å². The zero-order valence-electron chi connectivity index (χ0n) is 13.4. The van der Waals surface area contributed by atoms with Gasteiger partial charge in [0.25, 0.3) is 5.89 Å². The Morgan fingerprint density at radius 3 is 2.72 bits per heavy atom. The molecule has 0 aliphatic heterocycles. The molecule has 4 rings (SSSR count). The molecule has 124 valence electrons. The van der Waals surface area contributed by atoms with E-state index in [0.717, 1.165) is 17.0 Å². The monoisotopic (exact) mass is 350 g/mol. The summed E-state index contributed by atoms with van der Waals surface area (Å²) in [6.45, 7) is 2.10. The first-order chi connectivity index (χ1) is 12.2. The Morgan fingerprint density at radius 2 is 2.00 bits per heavy atom. The molecule has 0 spiro atoms. The predicted molar refractivity (Wildman–Crippen MR) is 95.8 cm³/mol. The van der Waals surface area contributed by atoms with Crippen molar-refractivity contribution in [1.82, 2.24) is 19.9 Å². The van der Waals surface area contributed by atoms with Gasteiger partial charge in [0, 0.05) is 12.3 Å². The molecule has 0 saturated heterocycles. The second-order valence-electron chi connectivity index (χ2n) is 5.39. The van der Waals surface area contributed by atoms with Gasteiger partial charge in [-0.25, -0.2) is 4.68 Å². The summed E-state index contributed by atoms with van der Waals surface area (Å²) in [7, 11) is 0. The van der Waals surface area contributed by atoms with Gasteiger partial charge in [-0.3, -0.25) is 4.79 Å². The number of benzene rings is 1. The van der Waals surface area contributed by atoms with Gasteiger partial charge in [0.2, 0.25) is 11.3 Å². The maximum Gasteiger partial charge on any atom is 0.282 e. The Hall–Kier alpha value is -3.06. The van der Waals surface area contributed by atoms with Gasteiger partial charge in [-0.15, -0.1) is 11.3 Å². The van der Waals surface area contributed by atoms with Gasteiger partial charge < -0.3 is 4.52 Å². The lowest BCUT2D eigenvalue weighted by molar-refractivity contribution is 0.430. The molecule has 25 heavy (non-hydrogen) atoms. The molecule has 7 heteroatoms. The molecule has 6 nitrogen and oxygen atoms in total. The van der Waals surface area contributed by atoms with Gasteiger partial charge >= 0.3 is 0 Å². The minimum Gasteiger partial charge on any atom is -0.332 e. The highest BCUT2D eigenvalue weighted by atomic mass is 32.1. The van der Waals surface area contributed by atoms with Crippen molar-refractivity contribution < 1.29 is 4.52 Å². The van der Waals surface area contributed by atoms with Crippen LogP contribution in [0.25, 0.3) is 28.0 Å². The summed E-state index contributed by atoms with van der Waals surface area (Å²) in [6, 6.07) is 13.3. The number of aromatic nitrogens is 4. The summed E-state index contributed by atoms with van der Waals surface area (Å²) in [6.07, 6.45) is 2.60. The molecule has 0 atom stereocenters. The molecular weight excluding hydrogens is 336 g/mol. The van der Waals surface area contributed by atoms with Gasteiger partial charge in [0.05, 0.1) is 10.6 Å². The minimum atomic E-state index is -0.261. The number of rotatable bonds is 4. The summed E-state index contributed by atoms with van der Waals surface area (Å²) in [4.78, 5) is 17.4. The number of hydrogen-bond donors (Lipinski definition) is 0. The Labute approximate surface area is 147 Å². The van der Waals surface area contributed by atoms with E-state index in [-0.39, 0.29) is 17.0 Å². The molecule has 0 aliphatic carbocycles. The number of aryl methyl sites for hydroxylation is 1. The third-order valence-electron chi connectivity index (χ3n) is 3.79. The molecule has 0 unspecified atom stereocenters. The maximum absolute atomic E-state index is 12.2. The quantitative estimate of drug-likeness (QED) is 0.562. The maximum atomic E-state index is 12.2. The van der Waals surface area contributed by atoms with Crippen LogP contribution in [0.2, 0.25) is 0 Å². The van der Waals surface area contributed by atoms with Crippen LogP contribution in [0.1, 0.15) is 12.5 Å². The number of thiophene rings is 1. The summed E-state index contributed by atoms with van der Waals surface area (Å²) < 4.78 is 6.88. The molecule has 3 aromatic heterocycles. The van der Waals surface area contributed by atoms with E-state index in [0.29, 0.717) is 5.82 Å². The van der Waals surface area contributed by atoms with Gasteiger partial charge in [-0.05, 0) is 35.6 Å². The molecular formula is C18H14N4O2S. The van der Waals surface area contributed by atoms with Crippen molar-refractivity contribution in [2.75, 3.05) is 0 Å². The minimum absolute atomic E-state index is 0.118. The van der Waals surface area contributed by atoms with Crippen molar-refractivity contribution in [3.63, 3.8) is 0 Å². The van der Waals surface area contributed by atoms with E-state index in [1.807, 2.05) is 41.8 Å². The van der Waals surface area contributed by atoms with E-state index in [1.165, 1.54) is 23.0 Å². The first-order valence-corrected chi connectivity index (χ1v) is 8.70. The normalized spacial score (nSPS) is 10.9. The van der Waals surface area contributed by atoms with Gasteiger partial charge in [-0.2, -0.15) is 10.1 Å². The van der Waals surface area contributed by atoms with E-state index in [1.54, 1.807) is 10.9 Å². The smallest absolute Gasteiger partial charge is 0.282 e. The van der Waals surface area contributed by atoms with E-state index >= 15 is 0 Å². The van der Waals surface area contributed by atoms with Crippen LogP contribution in [0, 0.1) is 0 Å². The van der Waals surface area contributed by atoms with Crippen LogP contribution in [-0.4, -0.2) is 19.9 Å². The van der Waals surface area contributed by atoms with Crippen LogP contribution < -0.4 is 5.43 Å².